The summed E-state index contributed by atoms with van der Waals surface area (Å²) < 4.78 is 9.42. The highest BCUT2D eigenvalue weighted by atomic mass is 15.0. The van der Waals surface area contributed by atoms with E-state index in [0.29, 0.717) is 11.1 Å². The summed E-state index contributed by atoms with van der Waals surface area (Å²) in [5.74, 6) is 0. The van der Waals surface area contributed by atoms with Crippen LogP contribution in [-0.2, 0) is 0 Å². The van der Waals surface area contributed by atoms with Crippen molar-refractivity contribution < 1.29 is 0 Å². The van der Waals surface area contributed by atoms with Crippen LogP contribution in [0.25, 0.3) is 255 Å². The van der Waals surface area contributed by atoms with Crippen molar-refractivity contribution in [3.63, 3.8) is 0 Å². The number of hydrogen-bond acceptors (Lipinski definition) is 4. The van der Waals surface area contributed by atoms with E-state index in [4.69, 9.17) is 4.98 Å². The predicted molar refractivity (Wildman–Crippen MR) is 579 cm³/mol. The maximum atomic E-state index is 12.4. The molecule has 0 saturated carbocycles. The van der Waals surface area contributed by atoms with Gasteiger partial charge in [0.2, 0.25) is 0 Å². The molecular weight excluding hydrogens is 1700 g/mol. The van der Waals surface area contributed by atoms with E-state index in [9.17, 15) is 10.5 Å². The summed E-state index contributed by atoms with van der Waals surface area (Å²) in [7, 11) is 0. The fourth-order valence-corrected chi connectivity index (χ4v) is 21.8. The van der Waals surface area contributed by atoms with E-state index in [0.717, 1.165) is 255 Å². The minimum Gasteiger partial charge on any atom is -0.309 e. The van der Waals surface area contributed by atoms with Gasteiger partial charge in [0.1, 0.15) is 12.1 Å². The lowest BCUT2D eigenvalue weighted by atomic mass is 9.92. The molecular formula is C132H82N8. The Bertz CT molecular complexity index is 9510. The predicted octanol–water partition coefficient (Wildman–Crippen LogP) is 34.3. The van der Waals surface area contributed by atoms with E-state index in [1.807, 2.05) is 12.4 Å². The maximum Gasteiger partial charge on any atom is 0.101 e. The van der Waals surface area contributed by atoms with Crippen LogP contribution in [0.3, 0.4) is 0 Å². The quantitative estimate of drug-likeness (QED) is 0.0908. The van der Waals surface area contributed by atoms with Crippen LogP contribution in [0.1, 0.15) is 11.1 Å². The molecule has 0 saturated heterocycles. The summed E-state index contributed by atoms with van der Waals surface area (Å²) in [5, 5.41) is 32.9. The van der Waals surface area contributed by atoms with Crippen LogP contribution in [-0.4, -0.2) is 28.2 Å². The van der Waals surface area contributed by atoms with Crippen molar-refractivity contribution in [3.05, 3.63) is 509 Å². The Labute approximate surface area is 808 Å². The second-order valence-electron chi connectivity index (χ2n) is 36.0. The number of nitriles is 2. The zero-order chi connectivity index (χ0) is 92.8. The standard InChI is InChI=1S/C132H82N8/c133-83-99-79-131(116(88-67-69-135-70-68-88)81-125(99)137-121-54-27-24-51-109(121)112-62-57-94(75-127(112)137)105-47-19-16-43-101(105)85-31-6-1-7-32-85)139-122-55-28-25-52-110(122)113-64-59-97(77-128(113)139)108-50-23-22-46-104(108)93-42-30-41-91(71-93)92-61-66-124-118(72-92)115-65-60-96(107-49-21-18-45-103(107)87-35-10-3-11-36-87)78-130(115)138(124)126-82-117(98-73-119(89-37-12-4-13-38-89)136-120(74-98)90-39-14-5-15-40-90)132(80-100(126)84-134)140-123-56-29-26-53-111(123)114-63-58-95(76-129(114)140)106-48-20-17-44-102(106)86-33-8-2-9-34-86/h1-82H. The summed E-state index contributed by atoms with van der Waals surface area (Å²) in [6, 6.07) is 180. The second-order valence-corrected chi connectivity index (χ2v) is 36.0. The van der Waals surface area contributed by atoms with Gasteiger partial charge in [0.05, 0.1) is 89.4 Å². The van der Waals surface area contributed by atoms with Gasteiger partial charge >= 0.3 is 0 Å². The molecule has 0 N–H and O–H groups in total. The molecule has 0 amide bonds. The first kappa shape index (κ1) is 81.6. The molecule has 0 bridgehead atoms. The highest BCUT2D eigenvalue weighted by Crippen LogP contribution is 2.50. The number of pyridine rings is 2. The molecule has 20 aromatic carbocycles. The summed E-state index contributed by atoms with van der Waals surface area (Å²) in [4.78, 5) is 10.1. The van der Waals surface area contributed by atoms with Crippen molar-refractivity contribution in [2.24, 2.45) is 0 Å². The molecule has 6 aromatic heterocycles. The maximum absolute atomic E-state index is 12.4. The number of fused-ring (bicyclic) bond motifs is 12. The number of aromatic nitrogens is 6. The zero-order valence-electron chi connectivity index (χ0n) is 75.9. The van der Waals surface area contributed by atoms with Gasteiger partial charge in [0.25, 0.3) is 0 Å². The van der Waals surface area contributed by atoms with E-state index < -0.39 is 0 Å². The lowest BCUT2D eigenvalue weighted by Gasteiger charge is -2.20. The average molecular weight is 1780 g/mol. The number of rotatable bonds is 17. The molecule has 0 aliphatic heterocycles. The minimum absolute atomic E-state index is 0.496. The highest BCUT2D eigenvalue weighted by Gasteiger charge is 2.29. The molecule has 0 unspecified atom stereocenters. The van der Waals surface area contributed by atoms with Gasteiger partial charge in [-0.2, -0.15) is 10.5 Å². The SMILES string of the molecule is N#Cc1cc(-n2c3ccccc3c3ccc(-c4ccccc4-c4cccc(-c5ccc6c(c5)c5ccc(-c7ccccc7-c7ccccc7)cc5n6-c5cc(-c6cc(-c7ccccc7)nc(-c7ccccc7)c6)c(-n6c7ccccc7c7ccc(-c8ccccc8-c8ccccc8)cc76)cc5C#N)c4)cc32)c(-c2ccncc2)cc1-n1c2ccccc2c2ccc(-c3ccccc3-c3ccccc3)cc21. The van der Waals surface area contributed by atoms with Gasteiger partial charge < -0.3 is 18.3 Å². The van der Waals surface area contributed by atoms with Crippen LogP contribution in [0.4, 0.5) is 0 Å². The van der Waals surface area contributed by atoms with Gasteiger partial charge in [-0.05, 0) is 220 Å². The van der Waals surface area contributed by atoms with E-state index >= 15 is 0 Å². The van der Waals surface area contributed by atoms with Crippen LogP contribution in [0.15, 0.2) is 498 Å². The molecule has 26 rings (SSSR count). The fourth-order valence-electron chi connectivity index (χ4n) is 21.8. The number of nitrogens with zero attached hydrogens (tertiary/aromatic N) is 8. The smallest absolute Gasteiger partial charge is 0.101 e. The Kier molecular flexibility index (Phi) is 19.9. The largest absolute Gasteiger partial charge is 0.309 e. The van der Waals surface area contributed by atoms with E-state index in [1.54, 1.807) is 0 Å². The number of para-hydroxylation sites is 3. The normalized spacial score (nSPS) is 11.6. The Morgan fingerprint density at radius 1 is 0.157 bits per heavy atom. The third kappa shape index (κ3) is 13.9. The first-order valence-electron chi connectivity index (χ1n) is 47.4. The fraction of sp³-hybridized carbons (Fsp3) is 0. The molecule has 0 aliphatic carbocycles. The Morgan fingerprint density at radius 3 is 0.793 bits per heavy atom. The summed E-state index contributed by atoms with van der Waals surface area (Å²) >= 11 is 0. The van der Waals surface area contributed by atoms with Crippen LogP contribution >= 0.6 is 0 Å². The first-order valence-corrected chi connectivity index (χ1v) is 47.4. The van der Waals surface area contributed by atoms with Crippen LogP contribution in [0, 0.1) is 22.7 Å². The molecule has 0 spiro atoms. The molecule has 650 valence electrons. The third-order valence-corrected chi connectivity index (χ3v) is 28.2. The van der Waals surface area contributed by atoms with Gasteiger partial charge in [-0.15, -0.1) is 0 Å². The Hall–Kier alpha value is -19.1. The Morgan fingerprint density at radius 2 is 0.421 bits per heavy atom. The molecule has 8 nitrogen and oxygen atoms in total. The molecule has 0 aliphatic rings. The molecule has 140 heavy (non-hydrogen) atoms. The van der Waals surface area contributed by atoms with Crippen LogP contribution < -0.4 is 0 Å². The molecule has 0 radical (unpaired) electrons. The molecule has 0 fully saturated rings. The van der Waals surface area contributed by atoms with Crippen LogP contribution in [0.2, 0.25) is 0 Å². The first-order chi connectivity index (χ1) is 69.4. The number of hydrogen-bond donors (Lipinski definition) is 0. The zero-order valence-corrected chi connectivity index (χ0v) is 75.9. The van der Waals surface area contributed by atoms with Gasteiger partial charge in [-0.1, -0.05) is 376 Å². The van der Waals surface area contributed by atoms with Crippen molar-refractivity contribution in [3.8, 4) is 180 Å². The van der Waals surface area contributed by atoms with Gasteiger partial charge in [-0.3, -0.25) is 4.98 Å². The van der Waals surface area contributed by atoms with Crippen molar-refractivity contribution in [2.45, 2.75) is 0 Å². The van der Waals surface area contributed by atoms with Crippen molar-refractivity contribution in [2.75, 3.05) is 0 Å². The highest BCUT2D eigenvalue weighted by molar-refractivity contribution is 6.16. The lowest BCUT2D eigenvalue weighted by molar-refractivity contribution is 1.13. The van der Waals surface area contributed by atoms with Crippen molar-refractivity contribution in [1.29, 1.82) is 10.5 Å². The second kappa shape index (κ2) is 34.1. The number of benzene rings is 20. The third-order valence-electron chi connectivity index (χ3n) is 28.2. The minimum atomic E-state index is 0.496. The van der Waals surface area contributed by atoms with Crippen molar-refractivity contribution in [1.82, 2.24) is 28.2 Å². The summed E-state index contributed by atoms with van der Waals surface area (Å²) in [5.41, 5.74) is 39.1. The van der Waals surface area contributed by atoms with Gasteiger partial charge in [-0.25, -0.2) is 4.98 Å². The van der Waals surface area contributed by atoms with E-state index in [1.165, 1.54) is 0 Å². The molecule has 0 atom stereocenters. The Balaban J connectivity index is 0.643. The van der Waals surface area contributed by atoms with E-state index in [-0.39, 0.29) is 0 Å². The average Bonchev–Trinajstić information content (AvgIpc) is 1.56. The van der Waals surface area contributed by atoms with Crippen LogP contribution in [0.5, 0.6) is 0 Å². The lowest BCUT2D eigenvalue weighted by Crippen LogP contribution is -2.04. The van der Waals surface area contributed by atoms with Gasteiger partial charge in [0, 0.05) is 77.7 Å². The summed E-state index contributed by atoms with van der Waals surface area (Å²) in [6.07, 6.45) is 3.71. The van der Waals surface area contributed by atoms with Crippen molar-refractivity contribution >= 4 is 87.2 Å². The summed E-state index contributed by atoms with van der Waals surface area (Å²) in [6.45, 7) is 0. The molecule has 6 heterocycles. The molecule has 8 heteroatoms. The van der Waals surface area contributed by atoms with Gasteiger partial charge in [0.15, 0.2) is 0 Å². The van der Waals surface area contributed by atoms with E-state index in [2.05, 4.69) is 521 Å². The molecule has 26 aromatic rings. The topological polar surface area (TPSA) is 93.1 Å². The monoisotopic (exact) mass is 1780 g/mol.